The Morgan fingerprint density at radius 1 is 1.32 bits per heavy atom. The van der Waals surface area contributed by atoms with Gasteiger partial charge in [0.15, 0.2) is 0 Å². The maximum atomic E-state index is 6.02. The molecule has 3 heterocycles. The van der Waals surface area contributed by atoms with E-state index in [9.17, 15) is 0 Å². The van der Waals surface area contributed by atoms with Crippen LogP contribution in [0.4, 0.5) is 5.13 Å². The van der Waals surface area contributed by atoms with E-state index in [0.29, 0.717) is 18.1 Å². The molecule has 0 N–H and O–H groups in total. The maximum Gasteiger partial charge on any atom is 0.205 e. The number of aromatic nitrogens is 2. The monoisotopic (exact) mass is 325 g/mol. The Morgan fingerprint density at radius 3 is 2.82 bits per heavy atom. The van der Waals surface area contributed by atoms with Crippen molar-refractivity contribution in [2.24, 2.45) is 5.92 Å². The van der Waals surface area contributed by atoms with Gasteiger partial charge in [0.1, 0.15) is 5.82 Å². The Bertz CT molecular complexity index is 452. The van der Waals surface area contributed by atoms with E-state index in [4.69, 9.17) is 9.47 Å². The molecule has 0 aliphatic carbocycles. The lowest BCUT2D eigenvalue weighted by atomic mass is 10.1. The van der Waals surface area contributed by atoms with Gasteiger partial charge in [-0.2, -0.15) is 4.37 Å². The molecule has 0 amide bonds. The van der Waals surface area contributed by atoms with Crippen molar-refractivity contribution in [1.82, 2.24) is 9.36 Å². The summed E-state index contributed by atoms with van der Waals surface area (Å²) in [6, 6.07) is 0. The molecule has 22 heavy (non-hydrogen) atoms. The molecule has 0 saturated carbocycles. The Labute approximate surface area is 137 Å². The lowest BCUT2D eigenvalue weighted by Crippen LogP contribution is -2.38. The van der Waals surface area contributed by atoms with Gasteiger partial charge in [-0.25, -0.2) is 4.98 Å². The highest BCUT2D eigenvalue weighted by Crippen LogP contribution is 2.24. The standard InChI is InChI=1S/C16H27N3O2S/c1-12(2)10-15-17-16(22-18-15)19-7-5-13(6-8-19)21-11-14-4-3-9-20-14/h12-14H,3-11H2,1-2H3. The summed E-state index contributed by atoms with van der Waals surface area (Å²) in [6.07, 6.45) is 6.17. The highest BCUT2D eigenvalue weighted by molar-refractivity contribution is 7.09. The third-order valence-corrected chi connectivity index (χ3v) is 5.12. The predicted molar refractivity (Wildman–Crippen MR) is 88.6 cm³/mol. The van der Waals surface area contributed by atoms with Crippen LogP contribution in [0, 0.1) is 5.92 Å². The van der Waals surface area contributed by atoms with E-state index in [-0.39, 0.29) is 0 Å². The molecule has 3 rings (SSSR count). The van der Waals surface area contributed by atoms with Crippen LogP contribution in [0.1, 0.15) is 45.4 Å². The van der Waals surface area contributed by atoms with Gasteiger partial charge in [0.05, 0.1) is 18.8 Å². The molecule has 1 atom stereocenters. The fraction of sp³-hybridized carbons (Fsp3) is 0.875. The molecular formula is C16H27N3O2S. The number of rotatable bonds is 6. The predicted octanol–water partition coefficient (Wildman–Crippen LogP) is 2.90. The van der Waals surface area contributed by atoms with Crippen LogP contribution in [0.25, 0.3) is 0 Å². The molecule has 0 spiro atoms. The average Bonchev–Trinajstić information content (AvgIpc) is 3.16. The van der Waals surface area contributed by atoms with Crippen molar-refractivity contribution in [3.8, 4) is 0 Å². The Hall–Kier alpha value is -0.720. The molecule has 2 fully saturated rings. The SMILES string of the molecule is CC(C)Cc1nsc(N2CCC(OCC3CCCO3)CC2)n1. The van der Waals surface area contributed by atoms with Crippen LogP contribution in [-0.4, -0.2) is 47.9 Å². The molecule has 1 aromatic heterocycles. The number of nitrogens with zero attached hydrogens (tertiary/aromatic N) is 3. The van der Waals surface area contributed by atoms with E-state index >= 15 is 0 Å². The first-order valence-electron chi connectivity index (χ1n) is 8.51. The van der Waals surface area contributed by atoms with Crippen LogP contribution in [0.15, 0.2) is 0 Å². The molecule has 1 unspecified atom stereocenters. The van der Waals surface area contributed by atoms with Gasteiger partial charge in [0, 0.05) is 37.6 Å². The third-order valence-electron chi connectivity index (χ3n) is 4.30. The normalized spacial score (nSPS) is 23.6. The Kier molecular flexibility index (Phi) is 5.66. The van der Waals surface area contributed by atoms with Crippen LogP contribution in [0.2, 0.25) is 0 Å². The van der Waals surface area contributed by atoms with Gasteiger partial charge in [-0.3, -0.25) is 0 Å². The van der Waals surface area contributed by atoms with Crippen molar-refractivity contribution in [3.05, 3.63) is 5.82 Å². The number of ether oxygens (including phenoxy) is 2. The summed E-state index contributed by atoms with van der Waals surface area (Å²) in [7, 11) is 0. The van der Waals surface area contributed by atoms with E-state index in [1.807, 2.05) is 0 Å². The van der Waals surface area contributed by atoms with Gasteiger partial charge >= 0.3 is 0 Å². The number of anilines is 1. The summed E-state index contributed by atoms with van der Waals surface area (Å²) in [6.45, 7) is 8.12. The van der Waals surface area contributed by atoms with Crippen LogP contribution >= 0.6 is 11.5 Å². The van der Waals surface area contributed by atoms with Gasteiger partial charge < -0.3 is 14.4 Å². The summed E-state index contributed by atoms with van der Waals surface area (Å²) in [4.78, 5) is 7.04. The second-order valence-corrected chi connectivity index (χ2v) is 7.48. The minimum absolute atomic E-state index is 0.333. The van der Waals surface area contributed by atoms with Crippen LogP contribution < -0.4 is 4.90 Å². The van der Waals surface area contributed by atoms with Crippen LogP contribution in [-0.2, 0) is 15.9 Å². The molecule has 5 nitrogen and oxygen atoms in total. The molecular weight excluding hydrogens is 298 g/mol. The first-order valence-corrected chi connectivity index (χ1v) is 9.29. The maximum absolute atomic E-state index is 6.02. The molecule has 2 aliphatic rings. The minimum atomic E-state index is 0.333. The third kappa shape index (κ3) is 4.40. The summed E-state index contributed by atoms with van der Waals surface area (Å²) >= 11 is 1.54. The lowest BCUT2D eigenvalue weighted by molar-refractivity contribution is -0.0280. The molecule has 1 aromatic rings. The molecule has 0 aromatic carbocycles. The second-order valence-electron chi connectivity index (χ2n) is 6.75. The van der Waals surface area contributed by atoms with Gasteiger partial charge in [-0.15, -0.1) is 0 Å². The fourth-order valence-electron chi connectivity index (χ4n) is 3.05. The number of hydrogen-bond donors (Lipinski definition) is 0. The van der Waals surface area contributed by atoms with Crippen molar-refractivity contribution in [1.29, 1.82) is 0 Å². The largest absolute Gasteiger partial charge is 0.376 e. The van der Waals surface area contributed by atoms with Gasteiger partial charge in [0.25, 0.3) is 0 Å². The van der Waals surface area contributed by atoms with Gasteiger partial charge in [-0.1, -0.05) is 13.8 Å². The van der Waals surface area contributed by atoms with Gasteiger partial charge in [0.2, 0.25) is 5.13 Å². The fourth-order valence-corrected chi connectivity index (χ4v) is 3.80. The van der Waals surface area contributed by atoms with E-state index in [0.717, 1.165) is 62.9 Å². The quantitative estimate of drug-likeness (QED) is 0.805. The van der Waals surface area contributed by atoms with Crippen molar-refractivity contribution in [3.63, 3.8) is 0 Å². The first kappa shape index (κ1) is 16.1. The van der Waals surface area contributed by atoms with Crippen LogP contribution in [0.3, 0.4) is 0 Å². The number of piperidine rings is 1. The molecule has 2 aliphatic heterocycles. The minimum Gasteiger partial charge on any atom is -0.376 e. The van der Waals surface area contributed by atoms with E-state index in [2.05, 4.69) is 28.1 Å². The molecule has 124 valence electrons. The summed E-state index contributed by atoms with van der Waals surface area (Å²) in [5, 5.41) is 1.08. The first-order chi connectivity index (χ1) is 10.7. The Morgan fingerprint density at radius 2 is 2.14 bits per heavy atom. The van der Waals surface area contributed by atoms with Crippen molar-refractivity contribution < 1.29 is 9.47 Å². The molecule has 0 bridgehead atoms. The lowest BCUT2D eigenvalue weighted by Gasteiger charge is -2.31. The van der Waals surface area contributed by atoms with Crippen molar-refractivity contribution >= 4 is 16.7 Å². The second kappa shape index (κ2) is 7.70. The molecule has 2 saturated heterocycles. The topological polar surface area (TPSA) is 47.5 Å². The Balaban J connectivity index is 1.42. The van der Waals surface area contributed by atoms with Crippen molar-refractivity contribution in [2.45, 2.75) is 58.2 Å². The molecule has 6 heteroatoms. The zero-order valence-corrected chi connectivity index (χ0v) is 14.5. The smallest absolute Gasteiger partial charge is 0.205 e. The average molecular weight is 325 g/mol. The van der Waals surface area contributed by atoms with Crippen molar-refractivity contribution in [2.75, 3.05) is 31.2 Å². The highest BCUT2D eigenvalue weighted by atomic mass is 32.1. The summed E-state index contributed by atoms with van der Waals surface area (Å²) in [5.74, 6) is 1.60. The van der Waals surface area contributed by atoms with Crippen LogP contribution in [0.5, 0.6) is 0 Å². The summed E-state index contributed by atoms with van der Waals surface area (Å²) < 4.78 is 16.1. The van der Waals surface area contributed by atoms with E-state index < -0.39 is 0 Å². The van der Waals surface area contributed by atoms with Gasteiger partial charge in [-0.05, 0) is 31.6 Å². The molecule has 0 radical (unpaired) electrons. The van der Waals surface area contributed by atoms with E-state index in [1.54, 1.807) is 0 Å². The van der Waals surface area contributed by atoms with E-state index in [1.165, 1.54) is 18.0 Å². The zero-order valence-electron chi connectivity index (χ0n) is 13.7. The zero-order chi connectivity index (χ0) is 15.4. The number of hydrogen-bond acceptors (Lipinski definition) is 6. The highest BCUT2D eigenvalue weighted by Gasteiger charge is 2.24. The summed E-state index contributed by atoms with van der Waals surface area (Å²) in [5.41, 5.74) is 0.